The number of esters is 4. The van der Waals surface area contributed by atoms with Crippen molar-refractivity contribution in [1.82, 2.24) is 0 Å². The standard InChI is InChI=1S/C43H68O11/c1-25(2)16-13-17-26(3)18-14-19-27(4)20-15-22-43(12)23-21-35-30(7)37(28(5)29(6)38(35)54-43)52-42-41(51-34(11)47)40(50-33(10)46)39(53-42)36(49-32(9)45)24-48-31(8)44/h25-27,36,39-42H,13-24H2,1-12H3. The first-order valence-electron chi connectivity index (χ1n) is 20.1. The van der Waals surface area contributed by atoms with Crippen LogP contribution in [0.5, 0.6) is 11.5 Å². The summed E-state index contributed by atoms with van der Waals surface area (Å²) in [5, 5.41) is 0. The van der Waals surface area contributed by atoms with Gasteiger partial charge >= 0.3 is 23.9 Å². The maximum Gasteiger partial charge on any atom is 0.303 e. The number of rotatable bonds is 20. The van der Waals surface area contributed by atoms with Gasteiger partial charge in [0.2, 0.25) is 12.4 Å². The van der Waals surface area contributed by atoms with Gasteiger partial charge in [-0.15, -0.1) is 0 Å². The first kappa shape index (κ1) is 45.1. The predicted molar refractivity (Wildman–Crippen MR) is 205 cm³/mol. The van der Waals surface area contributed by atoms with E-state index in [1.165, 1.54) is 72.6 Å². The summed E-state index contributed by atoms with van der Waals surface area (Å²) in [4.78, 5) is 48.3. The molecule has 306 valence electrons. The van der Waals surface area contributed by atoms with Crippen LogP contribution in [-0.4, -0.2) is 66.8 Å². The molecule has 1 fully saturated rings. The number of ether oxygens (including phenoxy) is 7. The molecule has 8 atom stereocenters. The Labute approximate surface area is 323 Å². The van der Waals surface area contributed by atoms with Crippen molar-refractivity contribution < 1.29 is 52.3 Å². The average Bonchev–Trinajstić information content (AvgIpc) is 3.38. The fraction of sp³-hybridized carbons (Fsp3) is 0.767. The molecule has 0 saturated carbocycles. The monoisotopic (exact) mass is 760 g/mol. The smallest absolute Gasteiger partial charge is 0.303 e. The molecular weight excluding hydrogens is 692 g/mol. The summed E-state index contributed by atoms with van der Waals surface area (Å²) in [6.07, 6.45) is 6.78. The second-order valence-electron chi connectivity index (χ2n) is 16.6. The van der Waals surface area contributed by atoms with Crippen LogP contribution >= 0.6 is 0 Å². The molecule has 0 radical (unpaired) electrons. The molecule has 0 bridgehead atoms. The lowest BCUT2D eigenvalue weighted by Gasteiger charge is -2.38. The molecule has 0 amide bonds. The minimum atomic E-state index is -1.25. The van der Waals surface area contributed by atoms with Gasteiger partial charge in [0, 0.05) is 33.3 Å². The molecule has 0 aliphatic carbocycles. The van der Waals surface area contributed by atoms with Crippen LogP contribution in [-0.2, 0) is 49.3 Å². The van der Waals surface area contributed by atoms with E-state index in [2.05, 4.69) is 34.6 Å². The summed E-state index contributed by atoms with van der Waals surface area (Å²) in [6.45, 7) is 22.0. The minimum absolute atomic E-state index is 0.281. The Morgan fingerprint density at radius 2 is 1.31 bits per heavy atom. The number of hydrogen-bond donors (Lipinski definition) is 0. The highest BCUT2D eigenvalue weighted by atomic mass is 16.7. The quantitative estimate of drug-likeness (QED) is 0.0935. The largest absolute Gasteiger partial charge is 0.487 e. The molecular formula is C43H68O11. The SMILES string of the molecule is CC(=O)OCC(OC(C)=O)C1OC(Oc2c(C)c(C)c3c(c2C)CCC(C)(CCCC(C)CCCC(C)CCCC(C)C)O3)C(OC(C)=O)C1OC(C)=O. The molecule has 2 aliphatic rings. The number of carbonyl (C=O) groups excluding carboxylic acids is 4. The van der Waals surface area contributed by atoms with Gasteiger partial charge in [-0.1, -0.05) is 72.6 Å². The normalized spacial score (nSPS) is 23.8. The van der Waals surface area contributed by atoms with Crippen LogP contribution in [0, 0.1) is 38.5 Å². The van der Waals surface area contributed by atoms with Crippen LogP contribution in [0.4, 0.5) is 0 Å². The summed E-state index contributed by atoms with van der Waals surface area (Å²) in [5.41, 5.74) is 3.41. The lowest BCUT2D eigenvalue weighted by molar-refractivity contribution is -0.181. The van der Waals surface area contributed by atoms with Crippen molar-refractivity contribution in [2.45, 2.75) is 190 Å². The molecule has 1 aromatic rings. The molecule has 0 N–H and O–H groups in total. The van der Waals surface area contributed by atoms with Crippen molar-refractivity contribution in [3.05, 3.63) is 22.3 Å². The van der Waals surface area contributed by atoms with E-state index < -0.39 is 54.6 Å². The first-order valence-corrected chi connectivity index (χ1v) is 20.1. The number of carbonyl (C=O) groups is 4. The minimum Gasteiger partial charge on any atom is -0.487 e. The molecule has 1 saturated heterocycles. The van der Waals surface area contributed by atoms with E-state index in [1.54, 1.807) is 0 Å². The highest BCUT2D eigenvalue weighted by Gasteiger charge is 2.55. The van der Waals surface area contributed by atoms with Crippen molar-refractivity contribution in [2.75, 3.05) is 6.61 Å². The van der Waals surface area contributed by atoms with Crippen molar-refractivity contribution in [2.24, 2.45) is 17.8 Å². The van der Waals surface area contributed by atoms with Gasteiger partial charge in [-0.05, 0) is 87.8 Å². The Balaban J connectivity index is 1.74. The molecule has 11 heteroatoms. The number of fused-ring (bicyclic) bond motifs is 1. The van der Waals surface area contributed by atoms with Crippen LogP contribution < -0.4 is 9.47 Å². The van der Waals surface area contributed by atoms with Crippen LogP contribution in [0.15, 0.2) is 0 Å². The zero-order valence-electron chi connectivity index (χ0n) is 35.1. The molecule has 2 heterocycles. The molecule has 2 aliphatic heterocycles. The third kappa shape index (κ3) is 13.2. The Bertz CT molecular complexity index is 1440. The van der Waals surface area contributed by atoms with E-state index in [1.807, 2.05) is 20.8 Å². The van der Waals surface area contributed by atoms with Crippen LogP contribution in [0.25, 0.3) is 0 Å². The Hall–Kier alpha value is -3.34. The molecule has 11 nitrogen and oxygen atoms in total. The average molecular weight is 761 g/mol. The molecule has 3 rings (SSSR count). The van der Waals surface area contributed by atoms with E-state index >= 15 is 0 Å². The third-order valence-corrected chi connectivity index (χ3v) is 11.0. The third-order valence-electron chi connectivity index (χ3n) is 11.0. The maximum atomic E-state index is 12.3. The predicted octanol–water partition coefficient (Wildman–Crippen LogP) is 8.60. The molecule has 0 spiro atoms. The second-order valence-corrected chi connectivity index (χ2v) is 16.6. The van der Waals surface area contributed by atoms with Crippen LogP contribution in [0.2, 0.25) is 0 Å². The van der Waals surface area contributed by atoms with Crippen LogP contribution in [0.1, 0.15) is 149 Å². The van der Waals surface area contributed by atoms with Gasteiger partial charge in [-0.25, -0.2) is 0 Å². The topological polar surface area (TPSA) is 133 Å². The highest BCUT2D eigenvalue weighted by molar-refractivity contribution is 5.68. The van der Waals surface area contributed by atoms with Crippen LogP contribution in [0.3, 0.4) is 0 Å². The highest BCUT2D eigenvalue weighted by Crippen LogP contribution is 2.46. The van der Waals surface area contributed by atoms with Crippen molar-refractivity contribution in [3.63, 3.8) is 0 Å². The first-order chi connectivity index (χ1) is 25.3. The summed E-state index contributed by atoms with van der Waals surface area (Å²) in [5.74, 6) is 1.10. The maximum absolute atomic E-state index is 12.3. The number of hydrogen-bond acceptors (Lipinski definition) is 11. The van der Waals surface area contributed by atoms with Gasteiger partial charge < -0.3 is 33.2 Å². The summed E-state index contributed by atoms with van der Waals surface area (Å²) < 4.78 is 41.5. The Morgan fingerprint density at radius 3 is 1.87 bits per heavy atom. The van der Waals surface area contributed by atoms with Crippen molar-refractivity contribution in [1.29, 1.82) is 0 Å². The zero-order valence-corrected chi connectivity index (χ0v) is 35.1. The Kier molecular flexibility index (Phi) is 17.1. The molecule has 0 aromatic heterocycles. The molecule has 1 aromatic carbocycles. The van der Waals surface area contributed by atoms with Gasteiger partial charge in [0.1, 0.15) is 29.8 Å². The Morgan fingerprint density at radius 1 is 0.741 bits per heavy atom. The van der Waals surface area contributed by atoms with E-state index in [9.17, 15) is 19.2 Å². The second kappa shape index (κ2) is 20.5. The summed E-state index contributed by atoms with van der Waals surface area (Å²) in [6, 6.07) is 0. The fourth-order valence-corrected chi connectivity index (χ4v) is 7.85. The van der Waals surface area contributed by atoms with Gasteiger partial charge in [0.25, 0.3) is 0 Å². The van der Waals surface area contributed by atoms with Crippen molar-refractivity contribution in [3.8, 4) is 11.5 Å². The summed E-state index contributed by atoms with van der Waals surface area (Å²) in [7, 11) is 0. The van der Waals surface area contributed by atoms with Crippen molar-refractivity contribution >= 4 is 23.9 Å². The fourth-order valence-electron chi connectivity index (χ4n) is 7.85. The van der Waals surface area contributed by atoms with Gasteiger partial charge in [0.15, 0.2) is 12.2 Å². The van der Waals surface area contributed by atoms with E-state index in [4.69, 9.17) is 33.2 Å². The summed E-state index contributed by atoms with van der Waals surface area (Å²) >= 11 is 0. The van der Waals surface area contributed by atoms with Gasteiger partial charge in [-0.3, -0.25) is 19.2 Å². The molecule has 54 heavy (non-hydrogen) atoms. The van der Waals surface area contributed by atoms with Gasteiger partial charge in [0.05, 0.1) is 0 Å². The number of benzene rings is 1. The van der Waals surface area contributed by atoms with E-state index in [0.29, 0.717) is 11.7 Å². The van der Waals surface area contributed by atoms with E-state index in [-0.39, 0.29) is 12.2 Å². The lowest BCUT2D eigenvalue weighted by Crippen LogP contribution is -2.47. The lowest BCUT2D eigenvalue weighted by atomic mass is 9.83. The molecule has 8 unspecified atom stereocenters. The van der Waals surface area contributed by atoms with E-state index in [0.717, 1.165) is 65.5 Å². The zero-order chi connectivity index (χ0) is 40.3. The van der Waals surface area contributed by atoms with Gasteiger partial charge in [-0.2, -0.15) is 0 Å².